The summed E-state index contributed by atoms with van der Waals surface area (Å²) in [6.07, 6.45) is 1.01. The van der Waals surface area contributed by atoms with Crippen LogP contribution in [-0.4, -0.2) is 11.5 Å². The fourth-order valence-electron chi connectivity index (χ4n) is 1.25. The molecule has 0 amide bonds. The van der Waals surface area contributed by atoms with Gasteiger partial charge in [0, 0.05) is 19.9 Å². The van der Waals surface area contributed by atoms with E-state index in [0.29, 0.717) is 0 Å². The molecule has 1 aliphatic rings. The minimum Gasteiger partial charge on any atom is -0.444 e. The van der Waals surface area contributed by atoms with Crippen molar-refractivity contribution in [3.05, 3.63) is 17.3 Å². The lowest BCUT2D eigenvalue weighted by Crippen LogP contribution is -2.22. The maximum atomic E-state index is 5.33. The Morgan fingerprint density at radius 3 is 3.09 bits per heavy atom. The zero-order chi connectivity index (χ0) is 6.97. The molecule has 0 radical (unpaired) electrons. The molecule has 0 bridgehead atoms. The molecule has 0 unspecified atom stereocenters. The molecule has 62 valence electrons. The minimum absolute atomic E-state index is 0. The topological polar surface area (TPSA) is 38.1 Å². The van der Waals surface area contributed by atoms with E-state index in [-0.39, 0.29) is 12.4 Å². The number of halogens is 1. The molecule has 0 saturated heterocycles. The Morgan fingerprint density at radius 1 is 1.55 bits per heavy atom. The van der Waals surface area contributed by atoms with E-state index in [1.54, 1.807) is 0 Å². The van der Waals surface area contributed by atoms with Gasteiger partial charge in [0.1, 0.15) is 5.76 Å². The minimum atomic E-state index is 0. The largest absolute Gasteiger partial charge is 0.444 e. The fourth-order valence-corrected chi connectivity index (χ4v) is 1.25. The summed E-state index contributed by atoms with van der Waals surface area (Å²) >= 11 is 0. The van der Waals surface area contributed by atoms with Crippen molar-refractivity contribution in [1.29, 1.82) is 0 Å². The first kappa shape index (κ1) is 8.56. The van der Waals surface area contributed by atoms with Gasteiger partial charge in [-0.3, -0.25) is 0 Å². The average molecular weight is 175 g/mol. The van der Waals surface area contributed by atoms with Crippen LogP contribution >= 0.6 is 12.4 Å². The van der Waals surface area contributed by atoms with E-state index >= 15 is 0 Å². The molecule has 0 spiro atoms. The number of nitrogens with zero attached hydrogens (tertiary/aromatic N) is 1. The Hall–Kier alpha value is -0.540. The molecule has 1 aromatic heterocycles. The van der Waals surface area contributed by atoms with Gasteiger partial charge in [0.2, 0.25) is 0 Å². The summed E-state index contributed by atoms with van der Waals surface area (Å²) in [7, 11) is 0. The molecule has 2 heterocycles. The zero-order valence-corrected chi connectivity index (χ0v) is 7.20. The van der Waals surface area contributed by atoms with Crippen molar-refractivity contribution in [2.24, 2.45) is 0 Å². The number of fused-ring (bicyclic) bond motifs is 1. The van der Waals surface area contributed by atoms with Gasteiger partial charge in [0.25, 0.3) is 0 Å². The van der Waals surface area contributed by atoms with Gasteiger partial charge in [-0.25, -0.2) is 4.98 Å². The number of hydrogen-bond donors (Lipinski definition) is 1. The normalized spacial score (nSPS) is 15.4. The summed E-state index contributed by atoms with van der Waals surface area (Å²) in [6.45, 7) is 3.76. The van der Waals surface area contributed by atoms with Crippen molar-refractivity contribution in [3.8, 4) is 0 Å². The monoisotopic (exact) mass is 174 g/mol. The summed E-state index contributed by atoms with van der Waals surface area (Å²) in [5.41, 5.74) is 1.14. The van der Waals surface area contributed by atoms with Crippen LogP contribution < -0.4 is 5.32 Å². The smallest absolute Gasteiger partial charge is 0.191 e. The summed E-state index contributed by atoms with van der Waals surface area (Å²) in [4.78, 5) is 4.24. The Balaban J connectivity index is 0.000000605. The highest BCUT2D eigenvalue weighted by Gasteiger charge is 2.13. The van der Waals surface area contributed by atoms with Crippen molar-refractivity contribution in [2.75, 3.05) is 6.54 Å². The summed E-state index contributed by atoms with van der Waals surface area (Å²) in [5, 5.41) is 3.22. The average Bonchev–Trinajstić information content (AvgIpc) is 2.27. The van der Waals surface area contributed by atoms with Crippen molar-refractivity contribution < 1.29 is 4.42 Å². The van der Waals surface area contributed by atoms with Crippen LogP contribution in [0.15, 0.2) is 4.42 Å². The van der Waals surface area contributed by atoms with E-state index in [0.717, 1.165) is 36.9 Å². The lowest BCUT2D eigenvalue weighted by atomic mass is 10.2. The van der Waals surface area contributed by atoms with Gasteiger partial charge in [-0.1, -0.05) is 0 Å². The molecule has 1 aliphatic heterocycles. The molecule has 11 heavy (non-hydrogen) atoms. The van der Waals surface area contributed by atoms with Gasteiger partial charge < -0.3 is 9.73 Å². The third-order valence-electron chi connectivity index (χ3n) is 1.71. The molecule has 0 aliphatic carbocycles. The molecule has 1 aromatic rings. The van der Waals surface area contributed by atoms with Crippen LogP contribution in [0.4, 0.5) is 0 Å². The number of rotatable bonds is 0. The van der Waals surface area contributed by atoms with Gasteiger partial charge in [-0.15, -0.1) is 12.4 Å². The molecule has 0 aromatic carbocycles. The molecule has 0 fully saturated rings. The molecule has 1 N–H and O–H groups in total. The zero-order valence-electron chi connectivity index (χ0n) is 6.39. The highest BCUT2D eigenvalue weighted by molar-refractivity contribution is 5.85. The van der Waals surface area contributed by atoms with Gasteiger partial charge >= 0.3 is 0 Å². The number of oxazole rings is 1. The number of aromatic nitrogens is 1. The SMILES string of the molecule is Cc1nc2c(o1)CNCC2.Cl. The second-order valence-electron chi connectivity index (χ2n) is 2.53. The van der Waals surface area contributed by atoms with Crippen LogP contribution in [0.25, 0.3) is 0 Å². The Bertz CT molecular complexity index is 223. The van der Waals surface area contributed by atoms with Crippen LogP contribution in [0.3, 0.4) is 0 Å². The Kier molecular flexibility index (Phi) is 2.52. The third kappa shape index (κ3) is 1.54. The van der Waals surface area contributed by atoms with Crippen LogP contribution in [0, 0.1) is 6.92 Å². The Morgan fingerprint density at radius 2 is 2.36 bits per heavy atom. The quantitative estimate of drug-likeness (QED) is 0.639. The first-order valence-corrected chi connectivity index (χ1v) is 3.52. The molecule has 0 atom stereocenters. The molecule has 0 saturated carbocycles. The maximum Gasteiger partial charge on any atom is 0.191 e. The first-order valence-electron chi connectivity index (χ1n) is 3.52. The van der Waals surface area contributed by atoms with Gasteiger partial charge in [0.05, 0.1) is 12.2 Å². The van der Waals surface area contributed by atoms with E-state index in [1.807, 2.05) is 6.92 Å². The molecular weight excluding hydrogens is 164 g/mol. The number of nitrogens with one attached hydrogen (secondary N) is 1. The van der Waals surface area contributed by atoms with Crippen LogP contribution in [0.2, 0.25) is 0 Å². The highest BCUT2D eigenvalue weighted by Crippen LogP contribution is 2.13. The summed E-state index contributed by atoms with van der Waals surface area (Å²) in [5.74, 6) is 1.80. The predicted molar refractivity (Wildman–Crippen MR) is 43.9 cm³/mol. The lowest BCUT2D eigenvalue weighted by Gasteiger charge is -2.08. The van der Waals surface area contributed by atoms with Gasteiger partial charge in [-0.2, -0.15) is 0 Å². The van der Waals surface area contributed by atoms with E-state index < -0.39 is 0 Å². The number of hydrogen-bond acceptors (Lipinski definition) is 3. The standard InChI is InChI=1S/C7H10N2O.ClH/c1-5-9-6-2-3-8-4-7(6)10-5;/h8H,2-4H2,1H3;1H. The molecule has 4 heteroatoms. The lowest BCUT2D eigenvalue weighted by molar-refractivity contribution is 0.443. The van der Waals surface area contributed by atoms with E-state index in [9.17, 15) is 0 Å². The second kappa shape index (κ2) is 3.24. The van der Waals surface area contributed by atoms with E-state index in [4.69, 9.17) is 4.42 Å². The first-order chi connectivity index (χ1) is 4.86. The van der Waals surface area contributed by atoms with Crippen molar-refractivity contribution in [2.45, 2.75) is 19.9 Å². The van der Waals surface area contributed by atoms with Crippen molar-refractivity contribution in [3.63, 3.8) is 0 Å². The van der Waals surface area contributed by atoms with Gasteiger partial charge in [-0.05, 0) is 0 Å². The maximum absolute atomic E-state index is 5.33. The fraction of sp³-hybridized carbons (Fsp3) is 0.571. The summed E-state index contributed by atoms with van der Waals surface area (Å²) in [6, 6.07) is 0. The number of aryl methyl sites for hydroxylation is 1. The van der Waals surface area contributed by atoms with Crippen molar-refractivity contribution in [1.82, 2.24) is 10.3 Å². The predicted octanol–water partition coefficient (Wildman–Crippen LogP) is 1.05. The third-order valence-corrected chi connectivity index (χ3v) is 1.71. The highest BCUT2D eigenvalue weighted by atomic mass is 35.5. The van der Waals surface area contributed by atoms with E-state index in [2.05, 4.69) is 10.3 Å². The Labute approximate surface area is 71.6 Å². The van der Waals surface area contributed by atoms with E-state index in [1.165, 1.54) is 0 Å². The van der Waals surface area contributed by atoms with Crippen LogP contribution in [-0.2, 0) is 13.0 Å². The van der Waals surface area contributed by atoms with Crippen LogP contribution in [0.1, 0.15) is 17.3 Å². The molecular formula is C7H11ClN2O. The van der Waals surface area contributed by atoms with Crippen molar-refractivity contribution >= 4 is 12.4 Å². The molecule has 2 rings (SSSR count). The van der Waals surface area contributed by atoms with Crippen LogP contribution in [0.5, 0.6) is 0 Å². The molecule has 3 nitrogen and oxygen atoms in total. The van der Waals surface area contributed by atoms with Gasteiger partial charge in [0.15, 0.2) is 5.89 Å². The summed E-state index contributed by atoms with van der Waals surface area (Å²) < 4.78 is 5.33. The second-order valence-corrected chi connectivity index (χ2v) is 2.53.